The Hall–Kier alpha value is -0.710. The second kappa shape index (κ2) is 8.06. The van der Waals surface area contributed by atoms with Gasteiger partial charge in [0.2, 0.25) is 0 Å². The van der Waals surface area contributed by atoms with Crippen molar-refractivity contribution in [3.05, 3.63) is 29.8 Å². The van der Waals surface area contributed by atoms with E-state index in [2.05, 4.69) is 34.5 Å². The van der Waals surface area contributed by atoms with Gasteiger partial charge in [0.15, 0.2) is 0 Å². The molecule has 0 spiro atoms. The van der Waals surface area contributed by atoms with Gasteiger partial charge < -0.3 is 15.0 Å². The van der Waals surface area contributed by atoms with Gasteiger partial charge in [-0.1, -0.05) is 12.1 Å². The van der Waals surface area contributed by atoms with Gasteiger partial charge in [-0.2, -0.15) is 11.8 Å². The molecule has 21 heavy (non-hydrogen) atoms. The van der Waals surface area contributed by atoms with Crippen LogP contribution in [0.2, 0.25) is 0 Å². The number of hydrogen-bond donors (Lipinski definition) is 1. The van der Waals surface area contributed by atoms with Crippen LogP contribution in [-0.4, -0.2) is 55.2 Å². The lowest BCUT2D eigenvalue weighted by atomic mass is 10.1. The SMILES string of the molecule is c1cc(OC2CCSCC2)ccc1CCN1CCNCC1. The van der Waals surface area contributed by atoms with Crippen molar-refractivity contribution in [1.82, 2.24) is 10.2 Å². The average Bonchev–Trinajstić information content (AvgIpc) is 2.56. The molecule has 2 heterocycles. The molecule has 1 N–H and O–H groups in total. The summed E-state index contributed by atoms with van der Waals surface area (Å²) in [6.45, 7) is 5.79. The van der Waals surface area contributed by atoms with Gasteiger partial charge in [0, 0.05) is 32.7 Å². The van der Waals surface area contributed by atoms with E-state index in [1.165, 1.54) is 49.5 Å². The summed E-state index contributed by atoms with van der Waals surface area (Å²) in [5.41, 5.74) is 1.42. The molecule has 0 aromatic heterocycles. The van der Waals surface area contributed by atoms with E-state index in [4.69, 9.17) is 4.74 Å². The smallest absolute Gasteiger partial charge is 0.119 e. The first-order chi connectivity index (χ1) is 10.4. The minimum Gasteiger partial charge on any atom is -0.490 e. The average molecular weight is 306 g/mol. The Kier molecular flexibility index (Phi) is 5.83. The third-order valence-electron chi connectivity index (χ3n) is 4.32. The van der Waals surface area contributed by atoms with Crippen molar-refractivity contribution in [2.24, 2.45) is 0 Å². The largest absolute Gasteiger partial charge is 0.490 e. The van der Waals surface area contributed by atoms with Gasteiger partial charge in [0.05, 0.1) is 0 Å². The number of hydrogen-bond acceptors (Lipinski definition) is 4. The Balaban J connectivity index is 1.44. The number of ether oxygens (including phenoxy) is 1. The maximum absolute atomic E-state index is 6.07. The molecule has 1 aromatic carbocycles. The van der Waals surface area contributed by atoms with E-state index in [1.54, 1.807) is 0 Å². The van der Waals surface area contributed by atoms with Crippen molar-refractivity contribution in [3.63, 3.8) is 0 Å². The minimum absolute atomic E-state index is 0.429. The quantitative estimate of drug-likeness (QED) is 0.903. The van der Waals surface area contributed by atoms with Crippen LogP contribution in [-0.2, 0) is 6.42 Å². The minimum atomic E-state index is 0.429. The fraction of sp³-hybridized carbons (Fsp3) is 0.647. The summed E-state index contributed by atoms with van der Waals surface area (Å²) in [7, 11) is 0. The summed E-state index contributed by atoms with van der Waals surface area (Å²) >= 11 is 2.04. The predicted octanol–water partition coefficient (Wildman–Crippen LogP) is 2.41. The summed E-state index contributed by atoms with van der Waals surface area (Å²) in [6.07, 6.45) is 3.95. The van der Waals surface area contributed by atoms with Crippen LogP contribution in [0.25, 0.3) is 0 Å². The lowest BCUT2D eigenvalue weighted by molar-refractivity contribution is 0.192. The van der Waals surface area contributed by atoms with E-state index in [-0.39, 0.29) is 0 Å². The molecular weight excluding hydrogens is 280 g/mol. The number of thioether (sulfide) groups is 1. The predicted molar refractivity (Wildman–Crippen MR) is 90.4 cm³/mol. The highest BCUT2D eigenvalue weighted by Crippen LogP contribution is 2.23. The van der Waals surface area contributed by atoms with Crippen molar-refractivity contribution < 1.29 is 4.74 Å². The molecule has 2 fully saturated rings. The first kappa shape index (κ1) is 15.2. The van der Waals surface area contributed by atoms with Crippen LogP contribution in [0.4, 0.5) is 0 Å². The first-order valence-corrected chi connectivity index (χ1v) is 9.32. The Morgan fingerprint density at radius 2 is 1.81 bits per heavy atom. The molecule has 0 bridgehead atoms. The van der Waals surface area contributed by atoms with Crippen LogP contribution in [0.15, 0.2) is 24.3 Å². The molecule has 4 heteroatoms. The molecule has 3 rings (SSSR count). The van der Waals surface area contributed by atoms with Gasteiger partial charge in [-0.15, -0.1) is 0 Å². The van der Waals surface area contributed by atoms with Crippen LogP contribution in [0.5, 0.6) is 5.75 Å². The summed E-state index contributed by atoms with van der Waals surface area (Å²) in [6, 6.07) is 8.76. The number of rotatable bonds is 5. The lowest BCUT2D eigenvalue weighted by Gasteiger charge is -2.27. The van der Waals surface area contributed by atoms with Gasteiger partial charge >= 0.3 is 0 Å². The Bertz CT molecular complexity index is 411. The third-order valence-corrected chi connectivity index (χ3v) is 5.37. The topological polar surface area (TPSA) is 24.5 Å². The van der Waals surface area contributed by atoms with Gasteiger partial charge in [0.25, 0.3) is 0 Å². The van der Waals surface area contributed by atoms with Crippen molar-refractivity contribution in [1.29, 1.82) is 0 Å². The molecule has 116 valence electrons. The second-order valence-electron chi connectivity index (χ2n) is 5.92. The number of benzene rings is 1. The molecular formula is C17H26N2OS. The molecule has 2 saturated heterocycles. The van der Waals surface area contributed by atoms with Gasteiger partial charge in [-0.3, -0.25) is 0 Å². The zero-order chi connectivity index (χ0) is 14.3. The van der Waals surface area contributed by atoms with Crippen LogP contribution < -0.4 is 10.1 Å². The third kappa shape index (κ3) is 4.90. The molecule has 2 aliphatic heterocycles. The van der Waals surface area contributed by atoms with E-state index >= 15 is 0 Å². The van der Waals surface area contributed by atoms with Crippen LogP contribution in [0, 0.1) is 0 Å². The monoisotopic (exact) mass is 306 g/mol. The summed E-state index contributed by atoms with van der Waals surface area (Å²) in [5.74, 6) is 3.53. The molecule has 0 saturated carbocycles. The number of nitrogens with zero attached hydrogens (tertiary/aromatic N) is 1. The molecule has 2 aliphatic rings. The van der Waals surface area contributed by atoms with Crippen molar-refractivity contribution in [2.75, 3.05) is 44.2 Å². The number of nitrogens with one attached hydrogen (secondary N) is 1. The lowest BCUT2D eigenvalue weighted by Crippen LogP contribution is -2.44. The Labute approximate surface area is 132 Å². The molecule has 3 nitrogen and oxygen atoms in total. The van der Waals surface area contributed by atoms with Crippen molar-refractivity contribution in [2.45, 2.75) is 25.4 Å². The fourth-order valence-corrected chi connectivity index (χ4v) is 4.01. The highest BCUT2D eigenvalue weighted by molar-refractivity contribution is 7.99. The van der Waals surface area contributed by atoms with Gasteiger partial charge in [0.1, 0.15) is 11.9 Å². The molecule has 0 unspecified atom stereocenters. The molecule has 0 radical (unpaired) electrons. The maximum Gasteiger partial charge on any atom is 0.119 e. The molecule has 0 atom stereocenters. The maximum atomic E-state index is 6.07. The second-order valence-corrected chi connectivity index (χ2v) is 7.14. The standard InChI is InChI=1S/C17H26N2OS/c1-3-16(20-17-6-13-21-14-7-17)4-2-15(1)5-10-19-11-8-18-9-12-19/h1-4,17-18H,5-14H2. The summed E-state index contributed by atoms with van der Waals surface area (Å²) in [4.78, 5) is 2.54. The van der Waals surface area contributed by atoms with Crippen LogP contribution in [0.3, 0.4) is 0 Å². The fourth-order valence-electron chi connectivity index (χ4n) is 2.94. The van der Waals surface area contributed by atoms with E-state index in [1.807, 2.05) is 11.8 Å². The van der Waals surface area contributed by atoms with E-state index in [0.717, 1.165) is 25.3 Å². The van der Waals surface area contributed by atoms with Crippen LogP contribution >= 0.6 is 11.8 Å². The molecule has 1 aromatic rings. The van der Waals surface area contributed by atoms with Gasteiger partial charge in [-0.25, -0.2) is 0 Å². The normalized spacial score (nSPS) is 21.3. The Morgan fingerprint density at radius 1 is 1.10 bits per heavy atom. The van der Waals surface area contributed by atoms with Crippen molar-refractivity contribution >= 4 is 11.8 Å². The highest BCUT2D eigenvalue weighted by atomic mass is 32.2. The molecule has 0 amide bonds. The van der Waals surface area contributed by atoms with Gasteiger partial charge in [-0.05, 0) is 48.5 Å². The van der Waals surface area contributed by atoms with Crippen molar-refractivity contribution in [3.8, 4) is 5.75 Å². The zero-order valence-corrected chi connectivity index (χ0v) is 13.5. The van der Waals surface area contributed by atoms with E-state index in [9.17, 15) is 0 Å². The van der Waals surface area contributed by atoms with E-state index in [0.29, 0.717) is 6.10 Å². The van der Waals surface area contributed by atoms with E-state index < -0.39 is 0 Å². The Morgan fingerprint density at radius 3 is 2.52 bits per heavy atom. The molecule has 0 aliphatic carbocycles. The summed E-state index contributed by atoms with van der Waals surface area (Å²) in [5, 5.41) is 3.40. The first-order valence-electron chi connectivity index (χ1n) is 8.16. The highest BCUT2D eigenvalue weighted by Gasteiger charge is 2.15. The summed E-state index contributed by atoms with van der Waals surface area (Å²) < 4.78 is 6.07. The van der Waals surface area contributed by atoms with Crippen LogP contribution in [0.1, 0.15) is 18.4 Å². The number of piperazine rings is 1. The zero-order valence-electron chi connectivity index (χ0n) is 12.7.